The van der Waals surface area contributed by atoms with E-state index in [1.54, 1.807) is 0 Å². The number of fused-ring (bicyclic) bond motifs is 1. The fraction of sp³-hybridized carbons (Fsp3) is 0.421. The normalized spacial score (nSPS) is 18.0. The zero-order valence-electron chi connectivity index (χ0n) is 13.6. The molecule has 0 spiro atoms. The SMILES string of the molecule is CN(C(=O)Cc1cccc2ccccc12)C1CCCNCC1.Cl. The summed E-state index contributed by atoms with van der Waals surface area (Å²) in [5.41, 5.74) is 1.13. The predicted molar refractivity (Wildman–Crippen MR) is 98.2 cm³/mol. The van der Waals surface area contributed by atoms with Crippen LogP contribution in [0.25, 0.3) is 10.8 Å². The highest BCUT2D eigenvalue weighted by molar-refractivity contribution is 5.90. The third-order valence-electron chi connectivity index (χ3n) is 4.71. The number of nitrogens with one attached hydrogen (secondary N) is 1. The second-order valence-electron chi connectivity index (χ2n) is 6.15. The molecule has 0 aromatic heterocycles. The van der Waals surface area contributed by atoms with Gasteiger partial charge in [0.15, 0.2) is 0 Å². The minimum absolute atomic E-state index is 0. The largest absolute Gasteiger partial charge is 0.342 e. The van der Waals surface area contributed by atoms with E-state index in [0.717, 1.165) is 37.9 Å². The molecule has 1 heterocycles. The third-order valence-corrected chi connectivity index (χ3v) is 4.71. The summed E-state index contributed by atoms with van der Waals surface area (Å²) >= 11 is 0. The number of carbonyl (C=O) groups excluding carboxylic acids is 1. The number of hydrogen-bond donors (Lipinski definition) is 1. The first kappa shape index (κ1) is 17.8. The van der Waals surface area contributed by atoms with E-state index >= 15 is 0 Å². The molecule has 1 aliphatic heterocycles. The highest BCUT2D eigenvalue weighted by Crippen LogP contribution is 2.20. The van der Waals surface area contributed by atoms with Crippen molar-refractivity contribution in [2.75, 3.05) is 20.1 Å². The zero-order chi connectivity index (χ0) is 15.4. The standard InChI is InChI=1S/C19H24N2O.ClH/c1-21(17-9-5-12-20-13-11-17)19(22)14-16-8-4-7-15-6-2-3-10-18(15)16;/h2-4,6-8,10,17,20H,5,9,11-14H2,1H3;1H. The van der Waals surface area contributed by atoms with Gasteiger partial charge in [-0.3, -0.25) is 4.79 Å². The first-order valence-electron chi connectivity index (χ1n) is 8.19. The maximum atomic E-state index is 12.7. The number of halogens is 1. The van der Waals surface area contributed by atoms with Crippen LogP contribution in [-0.4, -0.2) is 37.0 Å². The van der Waals surface area contributed by atoms with Crippen LogP contribution in [0.15, 0.2) is 42.5 Å². The van der Waals surface area contributed by atoms with Gasteiger partial charge in [-0.15, -0.1) is 12.4 Å². The highest BCUT2D eigenvalue weighted by atomic mass is 35.5. The lowest BCUT2D eigenvalue weighted by molar-refractivity contribution is -0.131. The van der Waals surface area contributed by atoms with Gasteiger partial charge in [0.1, 0.15) is 0 Å². The van der Waals surface area contributed by atoms with E-state index in [0.29, 0.717) is 12.5 Å². The number of rotatable bonds is 3. The number of nitrogens with zero attached hydrogens (tertiary/aromatic N) is 1. The summed E-state index contributed by atoms with van der Waals surface area (Å²) in [6, 6.07) is 14.9. The van der Waals surface area contributed by atoms with Crippen molar-refractivity contribution in [1.82, 2.24) is 10.2 Å². The lowest BCUT2D eigenvalue weighted by Gasteiger charge is -2.27. The lowest BCUT2D eigenvalue weighted by Crippen LogP contribution is -2.38. The Kier molecular flexibility index (Phi) is 6.43. The summed E-state index contributed by atoms with van der Waals surface area (Å²) < 4.78 is 0. The molecule has 0 saturated carbocycles. The topological polar surface area (TPSA) is 32.3 Å². The molecule has 3 rings (SSSR count). The highest BCUT2D eigenvalue weighted by Gasteiger charge is 2.21. The molecule has 0 aliphatic carbocycles. The van der Waals surface area contributed by atoms with Gasteiger partial charge >= 0.3 is 0 Å². The van der Waals surface area contributed by atoms with E-state index in [-0.39, 0.29) is 18.3 Å². The van der Waals surface area contributed by atoms with Gasteiger partial charge < -0.3 is 10.2 Å². The van der Waals surface area contributed by atoms with Gasteiger partial charge in [0.2, 0.25) is 5.91 Å². The van der Waals surface area contributed by atoms with Crippen LogP contribution in [0.5, 0.6) is 0 Å². The molecule has 0 radical (unpaired) electrons. The summed E-state index contributed by atoms with van der Waals surface area (Å²) in [5, 5.41) is 5.80. The number of benzene rings is 2. The molecule has 1 amide bonds. The maximum Gasteiger partial charge on any atom is 0.227 e. The molecule has 2 aromatic rings. The predicted octanol–water partition coefficient (Wildman–Crippen LogP) is 3.40. The second-order valence-corrected chi connectivity index (χ2v) is 6.15. The van der Waals surface area contributed by atoms with E-state index < -0.39 is 0 Å². The van der Waals surface area contributed by atoms with Crippen molar-refractivity contribution in [2.24, 2.45) is 0 Å². The Morgan fingerprint density at radius 3 is 2.78 bits per heavy atom. The van der Waals surface area contributed by atoms with Gasteiger partial charge in [0, 0.05) is 13.1 Å². The first-order chi connectivity index (χ1) is 10.8. The van der Waals surface area contributed by atoms with Crippen LogP contribution in [0.1, 0.15) is 24.8 Å². The minimum Gasteiger partial charge on any atom is -0.342 e. The van der Waals surface area contributed by atoms with Crippen molar-refractivity contribution in [3.05, 3.63) is 48.0 Å². The zero-order valence-corrected chi connectivity index (χ0v) is 14.4. The average Bonchev–Trinajstić information content (AvgIpc) is 2.83. The van der Waals surface area contributed by atoms with Crippen LogP contribution in [0, 0.1) is 0 Å². The van der Waals surface area contributed by atoms with E-state index in [4.69, 9.17) is 0 Å². The van der Waals surface area contributed by atoms with Crippen LogP contribution in [0.3, 0.4) is 0 Å². The smallest absolute Gasteiger partial charge is 0.227 e. The molecule has 0 bridgehead atoms. The quantitative estimate of drug-likeness (QED) is 0.934. The third kappa shape index (κ3) is 4.24. The maximum absolute atomic E-state index is 12.7. The van der Waals surface area contributed by atoms with Crippen molar-refractivity contribution < 1.29 is 4.79 Å². The number of likely N-dealkylation sites (N-methyl/N-ethyl adjacent to an activating group) is 1. The molecule has 1 atom stereocenters. The summed E-state index contributed by atoms with van der Waals surface area (Å²) in [6.45, 7) is 2.08. The molecule has 1 saturated heterocycles. The molecule has 1 N–H and O–H groups in total. The Morgan fingerprint density at radius 1 is 1.13 bits per heavy atom. The Labute approximate surface area is 144 Å². The Bertz CT molecular complexity index is 645. The molecule has 1 aliphatic rings. The van der Waals surface area contributed by atoms with Gasteiger partial charge in [-0.1, -0.05) is 42.5 Å². The van der Waals surface area contributed by atoms with Crippen molar-refractivity contribution in [3.63, 3.8) is 0 Å². The van der Waals surface area contributed by atoms with E-state index in [2.05, 4.69) is 29.6 Å². The molecule has 3 nitrogen and oxygen atoms in total. The molecule has 23 heavy (non-hydrogen) atoms. The van der Waals surface area contributed by atoms with E-state index in [1.165, 1.54) is 10.8 Å². The van der Waals surface area contributed by atoms with E-state index in [1.807, 2.05) is 30.1 Å². The fourth-order valence-electron chi connectivity index (χ4n) is 3.33. The van der Waals surface area contributed by atoms with Gasteiger partial charge in [-0.05, 0) is 48.7 Å². The Morgan fingerprint density at radius 2 is 1.91 bits per heavy atom. The molecule has 4 heteroatoms. The van der Waals surface area contributed by atoms with Crippen LogP contribution in [0.2, 0.25) is 0 Å². The van der Waals surface area contributed by atoms with Crippen LogP contribution in [0.4, 0.5) is 0 Å². The van der Waals surface area contributed by atoms with Gasteiger partial charge in [-0.25, -0.2) is 0 Å². The molecule has 1 unspecified atom stereocenters. The monoisotopic (exact) mass is 332 g/mol. The van der Waals surface area contributed by atoms with Crippen molar-refractivity contribution in [1.29, 1.82) is 0 Å². The van der Waals surface area contributed by atoms with Gasteiger partial charge in [-0.2, -0.15) is 0 Å². The summed E-state index contributed by atoms with van der Waals surface area (Å²) in [4.78, 5) is 14.6. The molecule has 1 fully saturated rings. The summed E-state index contributed by atoms with van der Waals surface area (Å²) in [6.07, 6.45) is 3.79. The van der Waals surface area contributed by atoms with Crippen LogP contribution >= 0.6 is 12.4 Å². The van der Waals surface area contributed by atoms with Crippen LogP contribution < -0.4 is 5.32 Å². The lowest BCUT2D eigenvalue weighted by atomic mass is 10.0. The van der Waals surface area contributed by atoms with Crippen molar-refractivity contribution in [3.8, 4) is 0 Å². The van der Waals surface area contributed by atoms with Crippen molar-refractivity contribution >= 4 is 29.1 Å². The summed E-state index contributed by atoms with van der Waals surface area (Å²) in [5.74, 6) is 0.225. The number of carbonyl (C=O) groups is 1. The number of amides is 1. The molecule has 2 aromatic carbocycles. The molecular weight excluding hydrogens is 308 g/mol. The van der Waals surface area contributed by atoms with Crippen LogP contribution in [-0.2, 0) is 11.2 Å². The minimum atomic E-state index is 0. The first-order valence-corrected chi connectivity index (χ1v) is 8.19. The Balaban J connectivity index is 0.00000192. The Hall–Kier alpha value is -1.58. The summed E-state index contributed by atoms with van der Waals surface area (Å²) in [7, 11) is 1.96. The van der Waals surface area contributed by atoms with Gasteiger partial charge in [0.25, 0.3) is 0 Å². The molecule has 124 valence electrons. The average molecular weight is 333 g/mol. The van der Waals surface area contributed by atoms with E-state index in [9.17, 15) is 4.79 Å². The fourth-order valence-corrected chi connectivity index (χ4v) is 3.33. The van der Waals surface area contributed by atoms with Gasteiger partial charge in [0.05, 0.1) is 6.42 Å². The second kappa shape index (κ2) is 8.32. The van der Waals surface area contributed by atoms with Crippen molar-refractivity contribution in [2.45, 2.75) is 31.7 Å². The number of hydrogen-bond acceptors (Lipinski definition) is 2. The molecular formula is C19H25ClN2O.